The Labute approximate surface area is 113 Å². The molecule has 1 unspecified atom stereocenters. The zero-order chi connectivity index (χ0) is 14.9. The first kappa shape index (κ1) is 17.6. The summed E-state index contributed by atoms with van der Waals surface area (Å²) in [5.41, 5.74) is 0. The summed E-state index contributed by atoms with van der Waals surface area (Å²) in [6.45, 7) is 2.95. The second-order valence-electron chi connectivity index (χ2n) is 4.23. The molecule has 2 N–H and O–H groups in total. The molecule has 0 heterocycles. The zero-order valence-electron chi connectivity index (χ0n) is 11.1. The molecule has 1 aromatic rings. The Kier molecular flexibility index (Phi) is 8.02. The minimum Gasteiger partial charge on any atom is -0.481 e. The summed E-state index contributed by atoms with van der Waals surface area (Å²) in [6.07, 6.45) is 0.520. The summed E-state index contributed by atoms with van der Waals surface area (Å²) in [6, 6.07) is 8.41. The molecule has 0 aliphatic rings. The van der Waals surface area contributed by atoms with Crippen molar-refractivity contribution in [1.29, 1.82) is 0 Å². The van der Waals surface area contributed by atoms with Crippen molar-refractivity contribution in [1.82, 2.24) is 0 Å². The molecular formula is C13H20O5S. The van der Waals surface area contributed by atoms with Gasteiger partial charge in [0.2, 0.25) is 0 Å². The van der Waals surface area contributed by atoms with Crippen molar-refractivity contribution in [3.05, 3.63) is 30.3 Å². The van der Waals surface area contributed by atoms with E-state index < -0.39 is 15.8 Å². The molecule has 1 aromatic carbocycles. The van der Waals surface area contributed by atoms with Crippen LogP contribution in [0.3, 0.4) is 0 Å². The Bertz CT molecular complexity index is 463. The Morgan fingerprint density at radius 3 is 2.16 bits per heavy atom. The first-order valence-electron chi connectivity index (χ1n) is 5.87. The molecule has 0 aliphatic carbocycles. The van der Waals surface area contributed by atoms with Gasteiger partial charge in [0.15, 0.2) is 9.84 Å². The number of aliphatic carboxylic acids is 1. The van der Waals surface area contributed by atoms with Crippen molar-refractivity contribution in [3.8, 4) is 0 Å². The fraction of sp³-hybridized carbons (Fsp3) is 0.462. The van der Waals surface area contributed by atoms with Gasteiger partial charge in [-0.1, -0.05) is 25.1 Å². The van der Waals surface area contributed by atoms with Crippen LogP contribution in [0.1, 0.15) is 20.3 Å². The SMILES string of the molecule is CC(=O)O.CC(CCO)CS(=O)(=O)c1ccccc1. The van der Waals surface area contributed by atoms with Crippen molar-refractivity contribution in [2.45, 2.75) is 25.2 Å². The number of hydrogen-bond acceptors (Lipinski definition) is 4. The van der Waals surface area contributed by atoms with Crippen molar-refractivity contribution >= 4 is 15.8 Å². The summed E-state index contributed by atoms with van der Waals surface area (Å²) in [4.78, 5) is 9.36. The normalized spacial score (nSPS) is 12.2. The lowest BCUT2D eigenvalue weighted by Gasteiger charge is -2.10. The van der Waals surface area contributed by atoms with Crippen molar-refractivity contribution in [2.24, 2.45) is 5.92 Å². The van der Waals surface area contributed by atoms with E-state index in [9.17, 15) is 8.42 Å². The lowest BCUT2D eigenvalue weighted by molar-refractivity contribution is -0.134. The fourth-order valence-electron chi connectivity index (χ4n) is 1.40. The monoisotopic (exact) mass is 288 g/mol. The number of carboxylic acids is 1. The van der Waals surface area contributed by atoms with Crippen LogP contribution in [0, 0.1) is 5.92 Å². The first-order valence-corrected chi connectivity index (χ1v) is 7.53. The molecule has 0 amide bonds. The van der Waals surface area contributed by atoms with Crippen LogP contribution in [0.5, 0.6) is 0 Å². The predicted molar refractivity (Wildman–Crippen MR) is 72.7 cm³/mol. The summed E-state index contributed by atoms with van der Waals surface area (Å²) in [5, 5.41) is 16.1. The number of hydrogen-bond donors (Lipinski definition) is 2. The molecule has 5 nitrogen and oxygen atoms in total. The largest absolute Gasteiger partial charge is 0.481 e. The maximum absolute atomic E-state index is 11.8. The van der Waals surface area contributed by atoms with Crippen LogP contribution in [0.4, 0.5) is 0 Å². The van der Waals surface area contributed by atoms with Gasteiger partial charge in [0, 0.05) is 13.5 Å². The van der Waals surface area contributed by atoms with Gasteiger partial charge in [0.1, 0.15) is 0 Å². The van der Waals surface area contributed by atoms with Crippen LogP contribution in [0.15, 0.2) is 35.2 Å². The molecule has 0 radical (unpaired) electrons. The third-order valence-corrected chi connectivity index (χ3v) is 4.23. The maximum atomic E-state index is 11.8. The molecule has 19 heavy (non-hydrogen) atoms. The van der Waals surface area contributed by atoms with Gasteiger partial charge in [-0.2, -0.15) is 0 Å². The summed E-state index contributed by atoms with van der Waals surface area (Å²) in [7, 11) is -3.19. The Hall–Kier alpha value is -1.40. The minimum absolute atomic E-state index is 0.0137. The Morgan fingerprint density at radius 1 is 1.26 bits per heavy atom. The number of sulfone groups is 1. The maximum Gasteiger partial charge on any atom is 0.300 e. The highest BCUT2D eigenvalue weighted by Crippen LogP contribution is 2.15. The molecule has 0 aliphatic heterocycles. The summed E-state index contributed by atoms with van der Waals surface area (Å²) in [5.74, 6) is -0.752. The van der Waals surface area contributed by atoms with Crippen LogP contribution in [-0.4, -0.2) is 37.0 Å². The molecule has 0 saturated carbocycles. The lowest BCUT2D eigenvalue weighted by Crippen LogP contribution is -2.15. The zero-order valence-corrected chi connectivity index (χ0v) is 11.9. The number of carboxylic acid groups (broad SMARTS) is 1. The predicted octanol–water partition coefficient (Wildman–Crippen LogP) is 1.57. The van der Waals surface area contributed by atoms with Gasteiger partial charge >= 0.3 is 0 Å². The Balaban J connectivity index is 0.000000711. The van der Waals surface area contributed by atoms with E-state index in [1.165, 1.54) is 0 Å². The molecule has 0 aromatic heterocycles. The third kappa shape index (κ3) is 8.34. The molecule has 0 bridgehead atoms. The van der Waals surface area contributed by atoms with Crippen LogP contribution in [0.2, 0.25) is 0 Å². The van der Waals surface area contributed by atoms with Crippen LogP contribution in [0.25, 0.3) is 0 Å². The second kappa shape index (κ2) is 8.66. The van der Waals surface area contributed by atoms with Gasteiger partial charge in [0.25, 0.3) is 5.97 Å². The van der Waals surface area contributed by atoms with Crippen molar-refractivity contribution in [3.63, 3.8) is 0 Å². The average molecular weight is 288 g/mol. The van der Waals surface area contributed by atoms with E-state index in [-0.39, 0.29) is 18.3 Å². The van der Waals surface area contributed by atoms with Gasteiger partial charge in [-0.15, -0.1) is 0 Å². The lowest BCUT2D eigenvalue weighted by atomic mass is 10.1. The van der Waals surface area contributed by atoms with E-state index in [4.69, 9.17) is 15.0 Å². The van der Waals surface area contributed by atoms with Crippen LogP contribution >= 0.6 is 0 Å². The van der Waals surface area contributed by atoms with Gasteiger partial charge < -0.3 is 10.2 Å². The third-order valence-electron chi connectivity index (χ3n) is 2.23. The number of aliphatic hydroxyl groups excluding tert-OH is 1. The molecule has 6 heteroatoms. The quantitative estimate of drug-likeness (QED) is 0.858. The van der Waals surface area contributed by atoms with Gasteiger partial charge in [-0.25, -0.2) is 8.42 Å². The van der Waals surface area contributed by atoms with E-state index in [1.54, 1.807) is 30.3 Å². The van der Waals surface area contributed by atoms with Crippen molar-refractivity contribution in [2.75, 3.05) is 12.4 Å². The number of benzene rings is 1. The van der Waals surface area contributed by atoms with Crippen molar-refractivity contribution < 1.29 is 23.4 Å². The Morgan fingerprint density at radius 2 is 1.74 bits per heavy atom. The number of carbonyl (C=O) groups is 1. The van der Waals surface area contributed by atoms with E-state index in [2.05, 4.69) is 0 Å². The molecular weight excluding hydrogens is 268 g/mol. The number of aliphatic hydroxyl groups is 1. The highest BCUT2D eigenvalue weighted by Gasteiger charge is 2.17. The molecule has 0 spiro atoms. The van der Waals surface area contributed by atoms with E-state index in [0.717, 1.165) is 6.92 Å². The van der Waals surface area contributed by atoms with E-state index in [0.29, 0.717) is 11.3 Å². The summed E-state index contributed by atoms with van der Waals surface area (Å²) >= 11 is 0. The highest BCUT2D eigenvalue weighted by molar-refractivity contribution is 7.91. The van der Waals surface area contributed by atoms with Gasteiger partial charge in [-0.05, 0) is 24.5 Å². The smallest absolute Gasteiger partial charge is 0.300 e. The first-order chi connectivity index (χ1) is 8.79. The molecule has 108 valence electrons. The molecule has 0 fully saturated rings. The topological polar surface area (TPSA) is 91.7 Å². The molecule has 1 atom stereocenters. The second-order valence-corrected chi connectivity index (χ2v) is 6.27. The van der Waals surface area contributed by atoms with E-state index >= 15 is 0 Å². The molecule has 0 saturated heterocycles. The fourth-order valence-corrected chi connectivity index (χ4v) is 3.08. The highest BCUT2D eigenvalue weighted by atomic mass is 32.2. The van der Waals surface area contributed by atoms with Crippen LogP contribution < -0.4 is 0 Å². The summed E-state index contributed by atoms with van der Waals surface area (Å²) < 4.78 is 23.7. The number of rotatable bonds is 5. The average Bonchev–Trinajstić information content (AvgIpc) is 2.29. The standard InChI is InChI=1S/C11H16O3S.C2H4O2/c1-10(7-8-12)9-15(13,14)11-5-3-2-4-6-11;1-2(3)4/h2-6,10,12H,7-9H2,1H3;1H3,(H,3,4). The van der Waals surface area contributed by atoms with E-state index in [1.807, 2.05) is 6.92 Å². The minimum atomic E-state index is -3.19. The van der Waals surface area contributed by atoms with Gasteiger partial charge in [0.05, 0.1) is 10.6 Å². The molecule has 1 rings (SSSR count). The van der Waals surface area contributed by atoms with Gasteiger partial charge in [-0.3, -0.25) is 4.79 Å². The van der Waals surface area contributed by atoms with Crippen LogP contribution in [-0.2, 0) is 14.6 Å².